The van der Waals surface area contributed by atoms with Gasteiger partial charge in [0.1, 0.15) is 5.76 Å². The number of carbonyl (C=O) groups excluding carboxylic acids is 2. The molecule has 0 spiro atoms. The normalized spacial score (nSPS) is 18.3. The molecule has 1 aliphatic rings. The minimum absolute atomic E-state index is 0.00690. The van der Waals surface area contributed by atoms with Gasteiger partial charge in [0.2, 0.25) is 11.9 Å². The first-order valence-corrected chi connectivity index (χ1v) is 7.81. The Morgan fingerprint density at radius 1 is 1.48 bits per heavy atom. The van der Waals surface area contributed by atoms with E-state index in [1.165, 1.54) is 6.20 Å². The van der Waals surface area contributed by atoms with E-state index in [0.29, 0.717) is 24.1 Å². The number of fused-ring (bicyclic) bond motifs is 1. The third-order valence-electron chi connectivity index (χ3n) is 4.28. The molecular formula is C17H19N3O3. The molecule has 2 aromatic heterocycles. The molecule has 23 heavy (non-hydrogen) atoms. The Morgan fingerprint density at radius 2 is 2.30 bits per heavy atom. The van der Waals surface area contributed by atoms with E-state index in [-0.39, 0.29) is 29.5 Å². The Bertz CT molecular complexity index is 725. The van der Waals surface area contributed by atoms with Gasteiger partial charge in [0.15, 0.2) is 5.78 Å². The molecule has 3 rings (SSSR count). The van der Waals surface area contributed by atoms with Crippen LogP contribution in [0.2, 0.25) is 0 Å². The maximum atomic E-state index is 12.3. The van der Waals surface area contributed by atoms with Gasteiger partial charge in [-0.25, -0.2) is 9.97 Å². The van der Waals surface area contributed by atoms with Crippen molar-refractivity contribution < 1.29 is 14.0 Å². The van der Waals surface area contributed by atoms with E-state index in [2.05, 4.69) is 15.3 Å². The Balaban J connectivity index is 1.83. The van der Waals surface area contributed by atoms with Gasteiger partial charge in [0, 0.05) is 30.9 Å². The number of rotatable bonds is 4. The molecule has 0 bridgehead atoms. The fraction of sp³-hybridized carbons (Fsp3) is 0.412. The molecule has 1 amide bonds. The Kier molecular flexibility index (Phi) is 4.23. The summed E-state index contributed by atoms with van der Waals surface area (Å²) in [5, 5.41) is 2.71. The quantitative estimate of drug-likeness (QED) is 0.938. The summed E-state index contributed by atoms with van der Waals surface area (Å²) in [6.45, 7) is 3.80. The van der Waals surface area contributed by atoms with Gasteiger partial charge >= 0.3 is 0 Å². The zero-order valence-electron chi connectivity index (χ0n) is 13.2. The van der Waals surface area contributed by atoms with E-state index in [0.717, 1.165) is 12.2 Å². The van der Waals surface area contributed by atoms with Crippen LogP contribution in [-0.4, -0.2) is 21.7 Å². The molecule has 1 aliphatic carbocycles. The number of aromatic nitrogens is 2. The summed E-state index contributed by atoms with van der Waals surface area (Å²) in [6.07, 6.45) is 4.85. The minimum Gasteiger partial charge on any atom is -0.469 e. The monoisotopic (exact) mass is 313 g/mol. The Labute approximate surface area is 134 Å². The number of furan rings is 1. The minimum atomic E-state index is -0.114. The number of Topliss-reactive ketones (excluding diaryl/α,β-unsaturated/α-hetero) is 1. The van der Waals surface area contributed by atoms with Crippen molar-refractivity contribution in [3.8, 4) is 0 Å². The second kappa shape index (κ2) is 6.32. The first kappa shape index (κ1) is 15.4. The number of carbonyl (C=O) groups is 2. The first-order valence-electron chi connectivity index (χ1n) is 7.81. The average Bonchev–Trinajstić information content (AvgIpc) is 3.08. The molecule has 0 unspecified atom stereocenters. The topological polar surface area (TPSA) is 85.1 Å². The molecule has 0 saturated carbocycles. The maximum Gasteiger partial charge on any atom is 0.229 e. The molecule has 6 nitrogen and oxygen atoms in total. The van der Waals surface area contributed by atoms with Crippen molar-refractivity contribution >= 4 is 17.6 Å². The number of nitrogens with zero attached hydrogens (tertiary/aromatic N) is 2. The average molecular weight is 313 g/mol. The lowest BCUT2D eigenvalue weighted by Crippen LogP contribution is -2.24. The number of hydrogen-bond donors (Lipinski definition) is 1. The zero-order valence-corrected chi connectivity index (χ0v) is 13.2. The molecule has 0 saturated heterocycles. The zero-order chi connectivity index (χ0) is 16.4. The number of anilines is 1. The number of ketones is 1. The van der Waals surface area contributed by atoms with Gasteiger partial charge < -0.3 is 4.42 Å². The van der Waals surface area contributed by atoms with E-state index in [1.54, 1.807) is 6.26 Å². The van der Waals surface area contributed by atoms with E-state index in [9.17, 15) is 9.59 Å². The lowest BCUT2D eigenvalue weighted by atomic mass is 9.85. The van der Waals surface area contributed by atoms with Crippen molar-refractivity contribution in [2.24, 2.45) is 5.92 Å². The van der Waals surface area contributed by atoms with Crippen LogP contribution in [0.15, 0.2) is 29.0 Å². The lowest BCUT2D eigenvalue weighted by molar-refractivity contribution is -0.119. The van der Waals surface area contributed by atoms with Crippen LogP contribution in [-0.2, 0) is 11.2 Å². The smallest absolute Gasteiger partial charge is 0.229 e. The van der Waals surface area contributed by atoms with Crippen molar-refractivity contribution in [3.63, 3.8) is 0 Å². The first-order chi connectivity index (χ1) is 11.1. The van der Waals surface area contributed by atoms with Crippen molar-refractivity contribution in [1.82, 2.24) is 9.97 Å². The second-order valence-electron chi connectivity index (χ2n) is 5.90. The summed E-state index contributed by atoms with van der Waals surface area (Å²) >= 11 is 0. The van der Waals surface area contributed by atoms with Crippen LogP contribution in [0.5, 0.6) is 0 Å². The number of hydrogen-bond acceptors (Lipinski definition) is 5. The summed E-state index contributed by atoms with van der Waals surface area (Å²) in [5.41, 5.74) is 1.20. The molecule has 1 N–H and O–H groups in total. The van der Waals surface area contributed by atoms with Gasteiger partial charge in [-0.05, 0) is 18.6 Å². The summed E-state index contributed by atoms with van der Waals surface area (Å²) in [7, 11) is 0. The Hall–Kier alpha value is -2.50. The molecule has 2 atom stereocenters. The van der Waals surface area contributed by atoms with Crippen LogP contribution in [0.4, 0.5) is 5.95 Å². The summed E-state index contributed by atoms with van der Waals surface area (Å²) in [5.74, 6) is 0.810. The van der Waals surface area contributed by atoms with Gasteiger partial charge in [-0.3, -0.25) is 14.9 Å². The molecule has 0 aromatic carbocycles. The maximum absolute atomic E-state index is 12.3. The molecular weight excluding hydrogens is 294 g/mol. The second-order valence-corrected chi connectivity index (χ2v) is 5.90. The summed E-state index contributed by atoms with van der Waals surface area (Å²) < 4.78 is 5.41. The highest BCUT2D eigenvalue weighted by molar-refractivity contribution is 5.98. The number of nitrogens with one attached hydrogen (secondary N) is 1. The van der Waals surface area contributed by atoms with E-state index < -0.39 is 0 Å². The number of amides is 1. The van der Waals surface area contributed by atoms with E-state index >= 15 is 0 Å². The highest BCUT2D eigenvalue weighted by atomic mass is 16.3. The SMILES string of the molecule is CC[C@H](C)C(=O)Nc1ncc2c(n1)C[C@@H](c1ccco1)CC2=O. The predicted octanol–water partition coefficient (Wildman–Crippen LogP) is 2.97. The molecule has 6 heteroatoms. The Morgan fingerprint density at radius 3 is 3.00 bits per heavy atom. The molecule has 0 radical (unpaired) electrons. The fourth-order valence-electron chi connectivity index (χ4n) is 2.65. The van der Waals surface area contributed by atoms with Crippen LogP contribution in [0, 0.1) is 5.92 Å². The standard InChI is InChI=1S/C17H19N3O3/c1-3-10(2)16(22)20-17-18-9-12-13(19-17)7-11(8-14(12)21)15-5-4-6-23-15/h4-6,9-11H,3,7-8H2,1-2H3,(H,18,19,20,22)/t10-,11+/m0/s1. The summed E-state index contributed by atoms with van der Waals surface area (Å²) in [6, 6.07) is 3.68. The molecule has 2 heterocycles. The van der Waals surface area contributed by atoms with Crippen LogP contribution >= 0.6 is 0 Å². The largest absolute Gasteiger partial charge is 0.469 e. The highest BCUT2D eigenvalue weighted by Crippen LogP contribution is 2.32. The van der Waals surface area contributed by atoms with E-state index in [1.807, 2.05) is 26.0 Å². The van der Waals surface area contributed by atoms with Crippen LogP contribution < -0.4 is 5.32 Å². The van der Waals surface area contributed by atoms with Gasteiger partial charge in [-0.1, -0.05) is 13.8 Å². The van der Waals surface area contributed by atoms with Crippen LogP contribution in [0.25, 0.3) is 0 Å². The van der Waals surface area contributed by atoms with Gasteiger partial charge in [-0.15, -0.1) is 0 Å². The predicted molar refractivity (Wildman–Crippen MR) is 84.2 cm³/mol. The molecule has 0 fully saturated rings. The third kappa shape index (κ3) is 3.16. The van der Waals surface area contributed by atoms with Gasteiger partial charge in [0.05, 0.1) is 17.5 Å². The van der Waals surface area contributed by atoms with Crippen molar-refractivity contribution in [2.75, 3.05) is 5.32 Å². The molecule has 120 valence electrons. The lowest BCUT2D eigenvalue weighted by Gasteiger charge is -2.21. The molecule has 0 aliphatic heterocycles. The highest BCUT2D eigenvalue weighted by Gasteiger charge is 2.29. The van der Waals surface area contributed by atoms with Gasteiger partial charge in [0.25, 0.3) is 0 Å². The van der Waals surface area contributed by atoms with E-state index in [4.69, 9.17) is 4.42 Å². The fourth-order valence-corrected chi connectivity index (χ4v) is 2.65. The van der Waals surface area contributed by atoms with Crippen molar-refractivity contribution in [3.05, 3.63) is 41.6 Å². The van der Waals surface area contributed by atoms with Gasteiger partial charge in [-0.2, -0.15) is 0 Å². The van der Waals surface area contributed by atoms with Crippen LogP contribution in [0.3, 0.4) is 0 Å². The third-order valence-corrected chi connectivity index (χ3v) is 4.28. The van der Waals surface area contributed by atoms with Crippen molar-refractivity contribution in [2.45, 2.75) is 39.0 Å². The molecule has 2 aromatic rings. The summed E-state index contributed by atoms with van der Waals surface area (Å²) in [4.78, 5) is 32.7. The van der Waals surface area contributed by atoms with Crippen LogP contribution in [0.1, 0.15) is 54.4 Å². The van der Waals surface area contributed by atoms with Crippen molar-refractivity contribution in [1.29, 1.82) is 0 Å².